The number of nitrogens with zero attached hydrogens (tertiary/aromatic N) is 3. The molecule has 1 aromatic heterocycles. The molecular formula is C12H21N5. The van der Waals surface area contributed by atoms with Crippen molar-refractivity contribution in [1.29, 1.82) is 0 Å². The molecule has 1 unspecified atom stereocenters. The fourth-order valence-electron chi connectivity index (χ4n) is 1.85. The van der Waals surface area contributed by atoms with Crippen molar-refractivity contribution in [3.05, 3.63) is 12.4 Å². The zero-order valence-electron chi connectivity index (χ0n) is 10.6. The highest BCUT2D eigenvalue weighted by Crippen LogP contribution is 2.15. The first-order chi connectivity index (χ1) is 8.29. The SMILES string of the molecule is CCC(C)Nc1cc(N2CCNCC2)ncn1. The van der Waals surface area contributed by atoms with Crippen LogP contribution in [0, 0.1) is 0 Å². The van der Waals surface area contributed by atoms with Crippen molar-refractivity contribution < 1.29 is 0 Å². The Morgan fingerprint density at radius 1 is 1.41 bits per heavy atom. The maximum atomic E-state index is 4.34. The van der Waals surface area contributed by atoms with Crippen LogP contribution in [0.4, 0.5) is 11.6 Å². The monoisotopic (exact) mass is 235 g/mol. The molecular weight excluding hydrogens is 214 g/mol. The molecule has 0 saturated carbocycles. The van der Waals surface area contributed by atoms with Crippen molar-refractivity contribution in [1.82, 2.24) is 15.3 Å². The molecule has 5 nitrogen and oxygen atoms in total. The Kier molecular flexibility index (Phi) is 4.14. The number of hydrogen-bond donors (Lipinski definition) is 2. The molecule has 0 aromatic carbocycles. The van der Waals surface area contributed by atoms with Crippen molar-refractivity contribution in [3.63, 3.8) is 0 Å². The van der Waals surface area contributed by atoms with E-state index in [1.54, 1.807) is 6.33 Å². The summed E-state index contributed by atoms with van der Waals surface area (Å²) in [4.78, 5) is 10.9. The second-order valence-corrected chi connectivity index (χ2v) is 4.45. The van der Waals surface area contributed by atoms with Gasteiger partial charge in [0.15, 0.2) is 0 Å². The second-order valence-electron chi connectivity index (χ2n) is 4.45. The van der Waals surface area contributed by atoms with Crippen LogP contribution in [0.5, 0.6) is 0 Å². The van der Waals surface area contributed by atoms with E-state index in [4.69, 9.17) is 0 Å². The van der Waals surface area contributed by atoms with Crippen molar-refractivity contribution in [2.24, 2.45) is 0 Å². The Labute approximate surface area is 103 Å². The van der Waals surface area contributed by atoms with Crippen LogP contribution in [0.15, 0.2) is 12.4 Å². The zero-order valence-corrected chi connectivity index (χ0v) is 10.6. The predicted octanol–water partition coefficient (Wildman–Crippen LogP) is 1.10. The van der Waals surface area contributed by atoms with Crippen LogP contribution >= 0.6 is 0 Å². The van der Waals surface area contributed by atoms with E-state index in [9.17, 15) is 0 Å². The molecule has 2 heterocycles. The van der Waals surface area contributed by atoms with Gasteiger partial charge in [-0.2, -0.15) is 0 Å². The number of piperazine rings is 1. The average Bonchev–Trinajstić information content (AvgIpc) is 2.40. The third kappa shape index (κ3) is 3.30. The van der Waals surface area contributed by atoms with Crippen molar-refractivity contribution in [2.45, 2.75) is 26.3 Å². The summed E-state index contributed by atoms with van der Waals surface area (Å²) < 4.78 is 0. The van der Waals surface area contributed by atoms with Crippen molar-refractivity contribution in [3.8, 4) is 0 Å². The topological polar surface area (TPSA) is 53.1 Å². The first kappa shape index (κ1) is 12.1. The van der Waals surface area contributed by atoms with Gasteiger partial charge in [-0.25, -0.2) is 9.97 Å². The summed E-state index contributed by atoms with van der Waals surface area (Å²) in [6.45, 7) is 8.40. The van der Waals surface area contributed by atoms with Gasteiger partial charge in [0.25, 0.3) is 0 Å². The number of nitrogens with one attached hydrogen (secondary N) is 2. The second kappa shape index (κ2) is 5.82. The lowest BCUT2D eigenvalue weighted by molar-refractivity contribution is 0.584. The quantitative estimate of drug-likeness (QED) is 0.818. The first-order valence-corrected chi connectivity index (χ1v) is 6.34. The van der Waals surface area contributed by atoms with E-state index >= 15 is 0 Å². The molecule has 17 heavy (non-hydrogen) atoms. The summed E-state index contributed by atoms with van der Waals surface area (Å²) in [7, 11) is 0. The molecule has 1 aromatic rings. The van der Waals surface area contributed by atoms with Crippen LogP contribution in [-0.4, -0.2) is 42.2 Å². The molecule has 1 aliphatic heterocycles. The maximum absolute atomic E-state index is 4.34. The Hall–Kier alpha value is -1.36. The number of rotatable bonds is 4. The summed E-state index contributed by atoms with van der Waals surface area (Å²) in [5.41, 5.74) is 0. The van der Waals surface area contributed by atoms with E-state index in [0.717, 1.165) is 44.2 Å². The molecule has 0 spiro atoms. The largest absolute Gasteiger partial charge is 0.367 e. The van der Waals surface area contributed by atoms with E-state index in [0.29, 0.717) is 6.04 Å². The molecule has 5 heteroatoms. The van der Waals surface area contributed by atoms with Gasteiger partial charge >= 0.3 is 0 Å². The number of hydrogen-bond acceptors (Lipinski definition) is 5. The van der Waals surface area contributed by atoms with E-state index in [-0.39, 0.29) is 0 Å². The molecule has 2 rings (SSSR count). The maximum Gasteiger partial charge on any atom is 0.134 e. The standard InChI is InChI=1S/C12H21N5/c1-3-10(2)16-11-8-12(15-9-14-11)17-6-4-13-5-7-17/h8-10,13H,3-7H2,1-2H3,(H,14,15,16). The van der Waals surface area contributed by atoms with E-state index in [1.165, 1.54) is 0 Å². The zero-order chi connectivity index (χ0) is 12.1. The molecule has 1 saturated heterocycles. The van der Waals surface area contributed by atoms with Crippen LogP contribution in [0.1, 0.15) is 20.3 Å². The highest BCUT2D eigenvalue weighted by molar-refractivity contribution is 5.49. The summed E-state index contributed by atoms with van der Waals surface area (Å²) in [5, 5.41) is 6.72. The predicted molar refractivity (Wildman–Crippen MR) is 70.5 cm³/mol. The summed E-state index contributed by atoms with van der Waals surface area (Å²) >= 11 is 0. The fraction of sp³-hybridized carbons (Fsp3) is 0.667. The summed E-state index contributed by atoms with van der Waals surface area (Å²) in [6, 6.07) is 2.48. The number of anilines is 2. The van der Waals surface area contributed by atoms with Gasteiger partial charge in [-0.05, 0) is 13.3 Å². The van der Waals surface area contributed by atoms with Gasteiger partial charge in [0.2, 0.25) is 0 Å². The highest BCUT2D eigenvalue weighted by Gasteiger charge is 2.12. The normalized spacial score (nSPS) is 17.9. The molecule has 1 fully saturated rings. The lowest BCUT2D eigenvalue weighted by Gasteiger charge is -2.28. The van der Waals surface area contributed by atoms with E-state index in [1.807, 2.05) is 6.07 Å². The van der Waals surface area contributed by atoms with Gasteiger partial charge in [0.1, 0.15) is 18.0 Å². The first-order valence-electron chi connectivity index (χ1n) is 6.34. The molecule has 1 aliphatic rings. The fourth-order valence-corrected chi connectivity index (χ4v) is 1.85. The van der Waals surface area contributed by atoms with Crippen molar-refractivity contribution in [2.75, 3.05) is 36.4 Å². The van der Waals surface area contributed by atoms with Crippen LogP contribution in [0.25, 0.3) is 0 Å². The molecule has 0 bridgehead atoms. The minimum Gasteiger partial charge on any atom is -0.367 e. The van der Waals surface area contributed by atoms with Gasteiger partial charge in [0, 0.05) is 38.3 Å². The third-order valence-electron chi connectivity index (χ3n) is 3.10. The van der Waals surface area contributed by atoms with Crippen molar-refractivity contribution >= 4 is 11.6 Å². The van der Waals surface area contributed by atoms with Crippen LogP contribution in [-0.2, 0) is 0 Å². The Morgan fingerprint density at radius 3 is 2.88 bits per heavy atom. The molecule has 2 N–H and O–H groups in total. The molecule has 0 amide bonds. The minimum atomic E-state index is 0.445. The average molecular weight is 235 g/mol. The van der Waals surface area contributed by atoms with Gasteiger partial charge < -0.3 is 15.5 Å². The Balaban J connectivity index is 2.05. The summed E-state index contributed by atoms with van der Waals surface area (Å²) in [5.74, 6) is 1.94. The van der Waals surface area contributed by atoms with E-state index < -0.39 is 0 Å². The highest BCUT2D eigenvalue weighted by atomic mass is 15.2. The van der Waals surface area contributed by atoms with E-state index in [2.05, 4.69) is 39.3 Å². The Bertz CT molecular complexity index is 349. The van der Waals surface area contributed by atoms with Gasteiger partial charge in [-0.15, -0.1) is 0 Å². The third-order valence-corrected chi connectivity index (χ3v) is 3.10. The number of aromatic nitrogens is 2. The van der Waals surface area contributed by atoms with Gasteiger partial charge in [0.05, 0.1) is 0 Å². The summed E-state index contributed by atoms with van der Waals surface area (Å²) in [6.07, 6.45) is 2.73. The van der Waals surface area contributed by atoms with Gasteiger partial charge in [-0.1, -0.05) is 6.92 Å². The lowest BCUT2D eigenvalue weighted by Crippen LogP contribution is -2.43. The molecule has 0 aliphatic carbocycles. The lowest BCUT2D eigenvalue weighted by atomic mass is 10.2. The smallest absolute Gasteiger partial charge is 0.134 e. The molecule has 94 valence electrons. The van der Waals surface area contributed by atoms with Gasteiger partial charge in [-0.3, -0.25) is 0 Å². The molecule has 0 radical (unpaired) electrons. The van der Waals surface area contributed by atoms with Crippen LogP contribution < -0.4 is 15.5 Å². The minimum absolute atomic E-state index is 0.445. The Morgan fingerprint density at radius 2 is 2.18 bits per heavy atom. The van der Waals surface area contributed by atoms with Crippen LogP contribution in [0.3, 0.4) is 0 Å². The molecule has 1 atom stereocenters. The van der Waals surface area contributed by atoms with Crippen LogP contribution in [0.2, 0.25) is 0 Å².